The van der Waals surface area contributed by atoms with Crippen LogP contribution in [0.5, 0.6) is 11.5 Å². The summed E-state index contributed by atoms with van der Waals surface area (Å²) in [5, 5.41) is 16.1. The van der Waals surface area contributed by atoms with E-state index >= 15 is 0 Å². The van der Waals surface area contributed by atoms with E-state index in [0.717, 1.165) is 22.9 Å². The van der Waals surface area contributed by atoms with Crippen molar-refractivity contribution < 1.29 is 9.47 Å². The molecule has 0 amide bonds. The van der Waals surface area contributed by atoms with Gasteiger partial charge in [-0.3, -0.25) is 0 Å². The number of nitrogens with one attached hydrogen (secondary N) is 1. The maximum Gasteiger partial charge on any atom is 0.176 e. The molecule has 2 heterocycles. The summed E-state index contributed by atoms with van der Waals surface area (Å²) in [6.07, 6.45) is -0.0270. The molecule has 7 nitrogen and oxygen atoms in total. The first kappa shape index (κ1) is 17.7. The lowest BCUT2D eigenvalue weighted by Gasteiger charge is -2.16. The van der Waals surface area contributed by atoms with Crippen LogP contribution in [-0.4, -0.2) is 39.7 Å². The Labute approximate surface area is 153 Å². The first-order chi connectivity index (χ1) is 12.5. The van der Waals surface area contributed by atoms with Crippen LogP contribution in [0.25, 0.3) is 5.82 Å². The van der Waals surface area contributed by atoms with Crippen molar-refractivity contribution in [2.75, 3.05) is 19.0 Å². The maximum absolute atomic E-state index is 5.87. The molecule has 136 valence electrons. The summed E-state index contributed by atoms with van der Waals surface area (Å²) in [4.78, 5) is 0. The fourth-order valence-electron chi connectivity index (χ4n) is 2.57. The van der Waals surface area contributed by atoms with Crippen molar-refractivity contribution in [2.24, 2.45) is 0 Å². The third-order valence-corrected chi connectivity index (χ3v) is 3.84. The van der Waals surface area contributed by atoms with E-state index in [1.807, 2.05) is 63.2 Å². The van der Waals surface area contributed by atoms with E-state index in [-0.39, 0.29) is 6.10 Å². The molecule has 0 bridgehead atoms. The Morgan fingerprint density at radius 3 is 2.35 bits per heavy atom. The SMILES string of the molecule is COc1ccc(OC(C)CNc2ccc(-n3nc(C)cc3C)nn2)cc1. The van der Waals surface area contributed by atoms with Crippen LogP contribution < -0.4 is 14.8 Å². The Kier molecular flexibility index (Phi) is 5.36. The number of benzene rings is 1. The van der Waals surface area contributed by atoms with Crippen LogP contribution in [0.2, 0.25) is 0 Å². The molecule has 3 rings (SSSR count). The standard InChI is InChI=1S/C19H23N5O2/c1-13-11-14(2)24(23-13)19-10-9-18(21-22-19)20-12-15(3)26-17-7-5-16(25-4)6-8-17/h5-11,15H,12H2,1-4H3,(H,20,21). The zero-order valence-electron chi connectivity index (χ0n) is 15.4. The smallest absolute Gasteiger partial charge is 0.176 e. The largest absolute Gasteiger partial charge is 0.497 e. The molecule has 0 fully saturated rings. The van der Waals surface area contributed by atoms with Crippen molar-refractivity contribution in [1.82, 2.24) is 20.0 Å². The predicted molar refractivity (Wildman–Crippen MR) is 100 cm³/mol. The van der Waals surface area contributed by atoms with Crippen molar-refractivity contribution >= 4 is 5.82 Å². The zero-order chi connectivity index (χ0) is 18.5. The zero-order valence-corrected chi connectivity index (χ0v) is 15.4. The number of anilines is 1. The molecule has 0 spiro atoms. The van der Waals surface area contributed by atoms with Gasteiger partial charge in [-0.2, -0.15) is 5.10 Å². The Bertz CT molecular complexity index is 843. The van der Waals surface area contributed by atoms with Crippen LogP contribution in [-0.2, 0) is 0 Å². The first-order valence-electron chi connectivity index (χ1n) is 8.47. The van der Waals surface area contributed by atoms with Crippen LogP contribution in [0.4, 0.5) is 5.82 Å². The Morgan fingerprint density at radius 2 is 1.77 bits per heavy atom. The molecule has 1 atom stereocenters. The van der Waals surface area contributed by atoms with Crippen molar-refractivity contribution in [2.45, 2.75) is 26.9 Å². The summed E-state index contributed by atoms with van der Waals surface area (Å²) < 4.78 is 12.8. The monoisotopic (exact) mass is 353 g/mol. The average Bonchev–Trinajstić information content (AvgIpc) is 2.99. The second kappa shape index (κ2) is 7.86. The van der Waals surface area contributed by atoms with Crippen LogP contribution in [0, 0.1) is 13.8 Å². The summed E-state index contributed by atoms with van der Waals surface area (Å²) in [6, 6.07) is 13.3. The number of hydrogen-bond acceptors (Lipinski definition) is 6. The van der Waals surface area contributed by atoms with Gasteiger partial charge in [-0.05, 0) is 63.2 Å². The summed E-state index contributed by atoms with van der Waals surface area (Å²) in [5.74, 6) is 3.00. The summed E-state index contributed by atoms with van der Waals surface area (Å²) >= 11 is 0. The number of ether oxygens (including phenoxy) is 2. The van der Waals surface area contributed by atoms with Gasteiger partial charge in [0.1, 0.15) is 23.4 Å². The maximum atomic E-state index is 5.87. The Morgan fingerprint density at radius 1 is 1.04 bits per heavy atom. The third kappa shape index (κ3) is 4.30. The summed E-state index contributed by atoms with van der Waals surface area (Å²) in [5.41, 5.74) is 1.98. The van der Waals surface area contributed by atoms with Gasteiger partial charge in [0.2, 0.25) is 0 Å². The third-order valence-electron chi connectivity index (χ3n) is 3.84. The van der Waals surface area contributed by atoms with Gasteiger partial charge >= 0.3 is 0 Å². The minimum absolute atomic E-state index is 0.0270. The van der Waals surface area contributed by atoms with E-state index in [9.17, 15) is 0 Å². The van der Waals surface area contributed by atoms with Gasteiger partial charge in [0.25, 0.3) is 0 Å². The molecule has 0 aliphatic carbocycles. The van der Waals surface area contributed by atoms with Crippen LogP contribution in [0.15, 0.2) is 42.5 Å². The van der Waals surface area contributed by atoms with Crippen molar-refractivity contribution in [1.29, 1.82) is 0 Å². The average molecular weight is 353 g/mol. The van der Waals surface area contributed by atoms with Gasteiger partial charge in [0.05, 0.1) is 19.3 Å². The highest BCUT2D eigenvalue weighted by molar-refractivity contribution is 5.37. The molecular weight excluding hydrogens is 330 g/mol. The van der Waals surface area contributed by atoms with Gasteiger partial charge in [-0.15, -0.1) is 10.2 Å². The molecule has 1 N–H and O–H groups in total. The van der Waals surface area contributed by atoms with E-state index in [1.165, 1.54) is 0 Å². The van der Waals surface area contributed by atoms with Gasteiger partial charge in [0.15, 0.2) is 5.82 Å². The van der Waals surface area contributed by atoms with Crippen LogP contribution >= 0.6 is 0 Å². The van der Waals surface area contributed by atoms with Gasteiger partial charge < -0.3 is 14.8 Å². The molecule has 0 saturated heterocycles. The minimum atomic E-state index is -0.0270. The molecule has 0 aliphatic heterocycles. The molecule has 7 heteroatoms. The normalized spacial score (nSPS) is 11.8. The number of rotatable bonds is 7. The second-order valence-corrected chi connectivity index (χ2v) is 6.10. The lowest BCUT2D eigenvalue weighted by molar-refractivity contribution is 0.234. The Balaban J connectivity index is 1.54. The Hall–Kier alpha value is -3.09. The molecule has 0 radical (unpaired) electrons. The highest BCUT2D eigenvalue weighted by Crippen LogP contribution is 2.18. The van der Waals surface area contributed by atoms with E-state index in [1.54, 1.807) is 11.8 Å². The lowest BCUT2D eigenvalue weighted by Crippen LogP contribution is -2.23. The number of methoxy groups -OCH3 is 1. The molecule has 0 aliphatic rings. The number of hydrogen-bond donors (Lipinski definition) is 1. The van der Waals surface area contributed by atoms with Crippen molar-refractivity contribution in [3.8, 4) is 17.3 Å². The highest BCUT2D eigenvalue weighted by atomic mass is 16.5. The minimum Gasteiger partial charge on any atom is -0.497 e. The molecule has 1 aromatic carbocycles. The highest BCUT2D eigenvalue weighted by Gasteiger charge is 2.08. The van der Waals surface area contributed by atoms with E-state index < -0.39 is 0 Å². The fourth-order valence-corrected chi connectivity index (χ4v) is 2.57. The van der Waals surface area contributed by atoms with Gasteiger partial charge in [-0.1, -0.05) is 0 Å². The first-order valence-corrected chi connectivity index (χ1v) is 8.47. The van der Waals surface area contributed by atoms with Crippen LogP contribution in [0.3, 0.4) is 0 Å². The van der Waals surface area contributed by atoms with Gasteiger partial charge in [-0.25, -0.2) is 4.68 Å². The molecule has 1 unspecified atom stereocenters. The number of aryl methyl sites for hydroxylation is 2. The fraction of sp³-hybridized carbons (Fsp3) is 0.316. The predicted octanol–water partition coefficient (Wildman–Crippen LogP) is 3.17. The van der Waals surface area contributed by atoms with Crippen LogP contribution in [0.1, 0.15) is 18.3 Å². The topological polar surface area (TPSA) is 74.1 Å². The summed E-state index contributed by atoms with van der Waals surface area (Å²) in [6.45, 7) is 6.55. The second-order valence-electron chi connectivity index (χ2n) is 6.10. The molecule has 26 heavy (non-hydrogen) atoms. The quantitative estimate of drug-likeness (QED) is 0.703. The molecular formula is C19H23N5O2. The lowest BCUT2D eigenvalue weighted by atomic mass is 10.3. The summed E-state index contributed by atoms with van der Waals surface area (Å²) in [7, 11) is 1.64. The van der Waals surface area contributed by atoms with E-state index in [2.05, 4.69) is 20.6 Å². The molecule has 3 aromatic rings. The molecule has 0 saturated carbocycles. The molecule has 2 aromatic heterocycles. The van der Waals surface area contributed by atoms with E-state index in [4.69, 9.17) is 9.47 Å². The number of nitrogens with zero attached hydrogens (tertiary/aromatic N) is 4. The van der Waals surface area contributed by atoms with Crippen molar-refractivity contribution in [3.63, 3.8) is 0 Å². The van der Waals surface area contributed by atoms with Crippen molar-refractivity contribution in [3.05, 3.63) is 53.9 Å². The number of aromatic nitrogens is 4. The van der Waals surface area contributed by atoms with Gasteiger partial charge in [0, 0.05) is 5.69 Å². The van der Waals surface area contributed by atoms with E-state index in [0.29, 0.717) is 18.2 Å².